The van der Waals surface area contributed by atoms with Crippen molar-refractivity contribution < 1.29 is 24.0 Å². The van der Waals surface area contributed by atoms with E-state index in [2.05, 4.69) is 22.0 Å². The van der Waals surface area contributed by atoms with Crippen molar-refractivity contribution in [1.29, 1.82) is 0 Å². The Hall–Kier alpha value is -5.40. The van der Waals surface area contributed by atoms with Crippen molar-refractivity contribution in [2.75, 3.05) is 6.54 Å². The summed E-state index contributed by atoms with van der Waals surface area (Å²) in [5.74, 6) is -0.973. The number of thiazole rings is 1. The summed E-state index contributed by atoms with van der Waals surface area (Å²) in [6, 6.07) is 21.0. The first kappa shape index (κ1) is 44.2. The Kier molecular flexibility index (Phi) is 14.6. The van der Waals surface area contributed by atoms with Gasteiger partial charge in [0.2, 0.25) is 23.6 Å². The fraction of sp³-hybridized carbons (Fsp3) is 0.447. The molecular formula is C47H59N7O5S. The van der Waals surface area contributed by atoms with Crippen molar-refractivity contribution in [1.82, 2.24) is 30.7 Å². The van der Waals surface area contributed by atoms with E-state index in [9.17, 15) is 24.0 Å². The summed E-state index contributed by atoms with van der Waals surface area (Å²) >= 11 is 1.50. The molecule has 318 valence electrons. The quantitative estimate of drug-likeness (QED) is 0.104. The summed E-state index contributed by atoms with van der Waals surface area (Å²) in [5, 5.41) is 9.74. The summed E-state index contributed by atoms with van der Waals surface area (Å²) in [6.07, 6.45) is 2.47. The maximum Gasteiger partial charge on any atom is 0.255 e. The van der Waals surface area contributed by atoms with Gasteiger partial charge in [-0.2, -0.15) is 0 Å². The Balaban J connectivity index is 1.02. The molecule has 12 nitrogen and oxygen atoms in total. The molecule has 4 aromatic rings. The van der Waals surface area contributed by atoms with E-state index in [1.165, 1.54) is 11.3 Å². The largest absolute Gasteiger partial charge is 0.350 e. The van der Waals surface area contributed by atoms with Crippen LogP contribution in [0.5, 0.6) is 0 Å². The van der Waals surface area contributed by atoms with Gasteiger partial charge in [-0.3, -0.25) is 24.0 Å². The highest BCUT2D eigenvalue weighted by atomic mass is 32.1. The summed E-state index contributed by atoms with van der Waals surface area (Å²) in [5.41, 5.74) is 12.7. The number of rotatable bonds is 17. The molecule has 0 radical (unpaired) electrons. The van der Waals surface area contributed by atoms with Crippen LogP contribution in [0.3, 0.4) is 0 Å². The second kappa shape index (κ2) is 19.8. The molecule has 60 heavy (non-hydrogen) atoms. The van der Waals surface area contributed by atoms with E-state index >= 15 is 0 Å². The zero-order valence-corrected chi connectivity index (χ0v) is 36.4. The molecule has 1 aromatic heterocycles. The molecule has 1 fully saturated rings. The highest BCUT2D eigenvalue weighted by molar-refractivity contribution is 7.15. The van der Waals surface area contributed by atoms with E-state index in [-0.39, 0.29) is 60.4 Å². The molecule has 2 aliphatic heterocycles. The Morgan fingerprint density at radius 1 is 0.933 bits per heavy atom. The number of hydrogen-bond acceptors (Lipinski definition) is 8. The second-order valence-corrected chi connectivity index (χ2v) is 18.1. The number of aryl methyl sites for hydroxylation is 2. The molecular weight excluding hydrogens is 775 g/mol. The SMILES string of the molecule is Cc1cc(-c2sc(CNC(=O)[C@H](CC(C)C)NC(=O)C[C@H](N)Cc3ccccc3)nc2C)ccc1CNC(=O)[C@@H]1CCCN1C(=O)[C@H](C(C)C)N1Cc2ccccc2C1=O. The summed E-state index contributed by atoms with van der Waals surface area (Å²) < 4.78 is 0. The van der Waals surface area contributed by atoms with Crippen LogP contribution < -0.4 is 21.7 Å². The topological polar surface area (TPSA) is 167 Å². The number of nitrogens with one attached hydrogen (secondary N) is 3. The highest BCUT2D eigenvalue weighted by Gasteiger charge is 2.43. The minimum absolute atomic E-state index is 0.120. The van der Waals surface area contributed by atoms with Crippen LogP contribution in [-0.2, 0) is 45.2 Å². The second-order valence-electron chi connectivity index (χ2n) is 17.0. The van der Waals surface area contributed by atoms with E-state index in [0.717, 1.165) is 49.8 Å². The molecule has 5 N–H and O–H groups in total. The lowest BCUT2D eigenvalue weighted by atomic mass is 10.00. The Morgan fingerprint density at radius 3 is 2.37 bits per heavy atom. The molecule has 0 unspecified atom stereocenters. The average Bonchev–Trinajstić information content (AvgIpc) is 3.93. The monoisotopic (exact) mass is 833 g/mol. The van der Waals surface area contributed by atoms with E-state index in [0.29, 0.717) is 44.5 Å². The molecule has 0 bridgehead atoms. The minimum Gasteiger partial charge on any atom is -0.350 e. The number of aromatic nitrogens is 1. The van der Waals surface area contributed by atoms with Gasteiger partial charge in [0.25, 0.3) is 5.91 Å². The Bertz CT molecular complexity index is 2190. The molecule has 0 spiro atoms. The third kappa shape index (κ3) is 10.7. The highest BCUT2D eigenvalue weighted by Crippen LogP contribution is 2.32. The fourth-order valence-electron chi connectivity index (χ4n) is 8.35. The Morgan fingerprint density at radius 2 is 1.67 bits per heavy atom. The van der Waals surface area contributed by atoms with Crippen LogP contribution in [-0.4, -0.2) is 75.0 Å². The zero-order chi connectivity index (χ0) is 43.1. The number of carbonyl (C=O) groups is 5. The van der Waals surface area contributed by atoms with Crippen LogP contribution in [0.25, 0.3) is 10.4 Å². The van der Waals surface area contributed by atoms with E-state index in [4.69, 9.17) is 10.7 Å². The summed E-state index contributed by atoms with van der Waals surface area (Å²) in [7, 11) is 0. The molecule has 6 rings (SSSR count). The lowest BCUT2D eigenvalue weighted by Gasteiger charge is -2.35. The maximum absolute atomic E-state index is 14.1. The third-order valence-electron chi connectivity index (χ3n) is 11.4. The lowest BCUT2D eigenvalue weighted by molar-refractivity contribution is -0.143. The van der Waals surface area contributed by atoms with Crippen LogP contribution in [0.15, 0.2) is 72.8 Å². The third-order valence-corrected chi connectivity index (χ3v) is 12.6. The van der Waals surface area contributed by atoms with Gasteiger partial charge in [0, 0.05) is 37.7 Å². The number of hydrogen-bond donors (Lipinski definition) is 4. The van der Waals surface area contributed by atoms with E-state index < -0.39 is 18.1 Å². The van der Waals surface area contributed by atoms with Crippen molar-refractivity contribution in [2.45, 2.75) is 117 Å². The standard InChI is InChI=1S/C47H59N7O5S/c1-28(2)21-38(52-40(55)24-36(48)23-32-13-8-7-9-14-32)44(56)50-26-41-51-31(6)43(60-41)33-18-19-34(30(5)22-33)25-49-45(57)39-17-12-20-53(39)47(59)42(29(3)4)54-27-35-15-10-11-16-37(35)46(54)58/h7-11,13-16,18-19,22,28-29,36,38-39,42H,12,17,20-21,23-27,48H2,1-6H3,(H,49,57)(H,50,56)(H,52,55)/t36-,38+,39+,42+/m1/s1. The number of amides is 5. The fourth-order valence-corrected chi connectivity index (χ4v) is 9.35. The molecule has 13 heteroatoms. The molecule has 0 saturated carbocycles. The van der Waals surface area contributed by atoms with Crippen LogP contribution in [0.4, 0.5) is 0 Å². The molecule has 2 aliphatic rings. The molecule has 3 aromatic carbocycles. The van der Waals surface area contributed by atoms with E-state index in [1.54, 1.807) is 15.9 Å². The molecule has 0 aliphatic carbocycles. The molecule has 3 heterocycles. The van der Waals surface area contributed by atoms with Gasteiger partial charge in [0.15, 0.2) is 0 Å². The first-order chi connectivity index (χ1) is 28.7. The van der Waals surface area contributed by atoms with Crippen LogP contribution in [0.2, 0.25) is 0 Å². The lowest BCUT2D eigenvalue weighted by Crippen LogP contribution is -2.55. The molecule has 4 atom stereocenters. The van der Waals surface area contributed by atoms with Gasteiger partial charge in [-0.15, -0.1) is 11.3 Å². The number of nitrogens with two attached hydrogens (primary N) is 1. The number of carbonyl (C=O) groups excluding carboxylic acids is 5. The normalized spacial score (nSPS) is 16.5. The van der Waals surface area contributed by atoms with Gasteiger partial charge in [0.05, 0.1) is 17.1 Å². The van der Waals surface area contributed by atoms with Gasteiger partial charge >= 0.3 is 0 Å². The van der Waals surface area contributed by atoms with Crippen LogP contribution >= 0.6 is 11.3 Å². The van der Waals surface area contributed by atoms with Gasteiger partial charge in [0.1, 0.15) is 23.1 Å². The number of benzene rings is 3. The van der Waals surface area contributed by atoms with Gasteiger partial charge in [-0.1, -0.05) is 94.4 Å². The molecule has 1 saturated heterocycles. The first-order valence-electron chi connectivity index (χ1n) is 21.1. The first-order valence-corrected chi connectivity index (χ1v) is 21.9. The van der Waals surface area contributed by atoms with Crippen molar-refractivity contribution in [3.8, 4) is 10.4 Å². The van der Waals surface area contributed by atoms with Crippen molar-refractivity contribution in [2.24, 2.45) is 17.6 Å². The van der Waals surface area contributed by atoms with Crippen LogP contribution in [0.1, 0.15) is 96.7 Å². The predicted molar refractivity (Wildman–Crippen MR) is 235 cm³/mol. The number of fused-ring (bicyclic) bond motifs is 1. The minimum atomic E-state index is -0.689. The Labute approximate surface area is 357 Å². The van der Waals surface area contributed by atoms with Gasteiger partial charge in [-0.05, 0) is 85.3 Å². The molecule has 5 amide bonds. The average molecular weight is 834 g/mol. The smallest absolute Gasteiger partial charge is 0.255 e. The zero-order valence-electron chi connectivity index (χ0n) is 35.6. The van der Waals surface area contributed by atoms with Crippen molar-refractivity contribution in [3.63, 3.8) is 0 Å². The van der Waals surface area contributed by atoms with Gasteiger partial charge in [-0.25, -0.2) is 4.98 Å². The van der Waals surface area contributed by atoms with Crippen LogP contribution in [0, 0.1) is 25.7 Å². The number of likely N-dealkylation sites (tertiary alicyclic amines) is 1. The predicted octanol–water partition coefficient (Wildman–Crippen LogP) is 5.82. The summed E-state index contributed by atoms with van der Waals surface area (Å²) in [4.78, 5) is 76.5. The maximum atomic E-state index is 14.1. The number of nitrogens with zero attached hydrogens (tertiary/aromatic N) is 3. The van der Waals surface area contributed by atoms with E-state index in [1.807, 2.05) is 102 Å². The van der Waals surface area contributed by atoms with Crippen molar-refractivity contribution in [3.05, 3.63) is 111 Å². The summed E-state index contributed by atoms with van der Waals surface area (Å²) in [6.45, 7) is 13.3. The van der Waals surface area contributed by atoms with Crippen molar-refractivity contribution >= 4 is 40.9 Å². The van der Waals surface area contributed by atoms with Gasteiger partial charge < -0.3 is 31.5 Å².